The first kappa shape index (κ1) is 14.2. The molecule has 0 bridgehead atoms. The summed E-state index contributed by atoms with van der Waals surface area (Å²) < 4.78 is 0. The summed E-state index contributed by atoms with van der Waals surface area (Å²) >= 11 is 0. The molecule has 0 aromatic heterocycles. The molecule has 0 heterocycles. The molecule has 0 aliphatic heterocycles. The largest absolute Gasteiger partial charge is 0.392 e. The number of benzene rings is 1. The summed E-state index contributed by atoms with van der Waals surface area (Å²) in [4.78, 5) is 0. The van der Waals surface area contributed by atoms with Gasteiger partial charge >= 0.3 is 0 Å². The van der Waals surface area contributed by atoms with Crippen LogP contribution in [0.2, 0.25) is 0 Å². The van der Waals surface area contributed by atoms with Crippen LogP contribution in [0.4, 0.5) is 0 Å². The molecule has 1 aromatic rings. The molecule has 2 unspecified atom stereocenters. The van der Waals surface area contributed by atoms with Crippen LogP contribution in [0.25, 0.3) is 0 Å². The second kappa shape index (κ2) is 7.46. The second-order valence-corrected chi connectivity index (χ2v) is 5.17. The molecule has 2 heteroatoms. The Kier molecular flexibility index (Phi) is 6.23. The maximum Gasteiger partial charge on any atom is 0.0668 e. The molecule has 0 spiro atoms. The lowest BCUT2D eigenvalue weighted by atomic mass is 10.0. The van der Waals surface area contributed by atoms with Crippen LogP contribution in [0.15, 0.2) is 30.3 Å². The van der Waals surface area contributed by atoms with Gasteiger partial charge < -0.3 is 10.4 Å². The Labute approximate surface area is 105 Å². The van der Waals surface area contributed by atoms with Gasteiger partial charge in [-0.3, -0.25) is 0 Å². The predicted octanol–water partition coefficient (Wildman–Crippen LogP) is 2.61. The quantitative estimate of drug-likeness (QED) is 0.761. The molecule has 1 aromatic carbocycles. The van der Waals surface area contributed by atoms with Gasteiger partial charge in [0.1, 0.15) is 0 Å². The summed E-state index contributed by atoms with van der Waals surface area (Å²) in [7, 11) is 0. The molecule has 0 fully saturated rings. The fraction of sp³-hybridized carbons (Fsp3) is 0.600. The average Bonchev–Trinajstić information content (AvgIpc) is 2.28. The minimum absolute atomic E-state index is 0.149. The Morgan fingerprint density at radius 1 is 1.12 bits per heavy atom. The molecule has 17 heavy (non-hydrogen) atoms. The normalized spacial score (nSPS) is 14.9. The highest BCUT2D eigenvalue weighted by molar-refractivity contribution is 5.16. The maximum absolute atomic E-state index is 9.78. The fourth-order valence-electron chi connectivity index (χ4n) is 1.84. The first-order valence-corrected chi connectivity index (χ1v) is 6.55. The SMILES string of the molecule is CC(C)CCNC(Cc1ccccc1)C(C)O. The van der Waals surface area contributed by atoms with Crippen molar-refractivity contribution in [3.63, 3.8) is 0 Å². The molecule has 0 amide bonds. The van der Waals surface area contributed by atoms with Gasteiger partial charge in [0.25, 0.3) is 0 Å². The van der Waals surface area contributed by atoms with E-state index in [1.807, 2.05) is 25.1 Å². The van der Waals surface area contributed by atoms with Crippen molar-refractivity contribution in [1.29, 1.82) is 0 Å². The first-order valence-electron chi connectivity index (χ1n) is 6.55. The standard InChI is InChI=1S/C15H25NO/c1-12(2)9-10-16-15(13(3)17)11-14-7-5-4-6-8-14/h4-8,12-13,15-17H,9-11H2,1-3H3. The van der Waals surface area contributed by atoms with Crippen LogP contribution in [0.5, 0.6) is 0 Å². The molecule has 0 radical (unpaired) electrons. The highest BCUT2D eigenvalue weighted by atomic mass is 16.3. The van der Waals surface area contributed by atoms with Crippen LogP contribution >= 0.6 is 0 Å². The Bertz CT molecular complexity index is 295. The second-order valence-electron chi connectivity index (χ2n) is 5.17. The minimum atomic E-state index is -0.317. The molecular formula is C15H25NO. The number of hydrogen-bond acceptors (Lipinski definition) is 2. The number of nitrogens with one attached hydrogen (secondary N) is 1. The van der Waals surface area contributed by atoms with Gasteiger partial charge in [0.05, 0.1) is 6.10 Å². The molecule has 0 aliphatic rings. The smallest absolute Gasteiger partial charge is 0.0668 e. The van der Waals surface area contributed by atoms with E-state index in [9.17, 15) is 5.11 Å². The molecule has 2 N–H and O–H groups in total. The predicted molar refractivity (Wildman–Crippen MR) is 73.1 cm³/mol. The summed E-state index contributed by atoms with van der Waals surface area (Å²) in [5, 5.41) is 13.2. The van der Waals surface area contributed by atoms with Crippen LogP contribution in [-0.2, 0) is 6.42 Å². The topological polar surface area (TPSA) is 32.3 Å². The van der Waals surface area contributed by atoms with Crippen molar-refractivity contribution in [3.8, 4) is 0 Å². The van der Waals surface area contributed by atoms with E-state index in [4.69, 9.17) is 0 Å². The number of aliphatic hydroxyl groups excluding tert-OH is 1. The van der Waals surface area contributed by atoms with Gasteiger partial charge in [0.2, 0.25) is 0 Å². The van der Waals surface area contributed by atoms with E-state index in [1.165, 1.54) is 5.56 Å². The molecule has 0 saturated heterocycles. The van der Waals surface area contributed by atoms with Crippen LogP contribution in [0, 0.1) is 5.92 Å². The summed E-state index contributed by atoms with van der Waals surface area (Å²) in [6.07, 6.45) is 1.72. The van der Waals surface area contributed by atoms with Gasteiger partial charge in [-0.25, -0.2) is 0 Å². The molecule has 2 nitrogen and oxygen atoms in total. The summed E-state index contributed by atoms with van der Waals surface area (Å²) in [6.45, 7) is 7.27. The van der Waals surface area contributed by atoms with Gasteiger partial charge in [-0.05, 0) is 37.8 Å². The van der Waals surface area contributed by atoms with Crippen molar-refractivity contribution >= 4 is 0 Å². The highest BCUT2D eigenvalue weighted by Crippen LogP contribution is 2.07. The first-order chi connectivity index (χ1) is 8.09. The van der Waals surface area contributed by atoms with E-state index in [0.717, 1.165) is 19.4 Å². The van der Waals surface area contributed by atoms with E-state index >= 15 is 0 Å². The van der Waals surface area contributed by atoms with E-state index < -0.39 is 0 Å². The van der Waals surface area contributed by atoms with Crippen molar-refractivity contribution in [2.24, 2.45) is 5.92 Å². The lowest BCUT2D eigenvalue weighted by molar-refractivity contribution is 0.144. The molecule has 96 valence electrons. The van der Waals surface area contributed by atoms with Crippen LogP contribution < -0.4 is 5.32 Å². The van der Waals surface area contributed by atoms with Gasteiger partial charge in [-0.15, -0.1) is 0 Å². The monoisotopic (exact) mass is 235 g/mol. The fourth-order valence-corrected chi connectivity index (χ4v) is 1.84. The summed E-state index contributed by atoms with van der Waals surface area (Å²) in [5.41, 5.74) is 1.27. The molecule has 1 rings (SSSR count). The summed E-state index contributed by atoms with van der Waals surface area (Å²) in [6, 6.07) is 10.5. The van der Waals surface area contributed by atoms with Gasteiger partial charge in [0, 0.05) is 6.04 Å². The van der Waals surface area contributed by atoms with Crippen molar-refractivity contribution in [2.45, 2.75) is 45.8 Å². The lowest BCUT2D eigenvalue weighted by Gasteiger charge is -2.22. The number of hydrogen-bond donors (Lipinski definition) is 2. The van der Waals surface area contributed by atoms with Crippen LogP contribution in [0.1, 0.15) is 32.8 Å². The van der Waals surface area contributed by atoms with Crippen LogP contribution in [0.3, 0.4) is 0 Å². The zero-order valence-corrected chi connectivity index (χ0v) is 11.2. The third-order valence-electron chi connectivity index (χ3n) is 3.01. The van der Waals surface area contributed by atoms with E-state index in [-0.39, 0.29) is 12.1 Å². The third-order valence-corrected chi connectivity index (χ3v) is 3.01. The minimum Gasteiger partial charge on any atom is -0.392 e. The third kappa shape index (κ3) is 5.85. The van der Waals surface area contributed by atoms with E-state index in [1.54, 1.807) is 0 Å². The van der Waals surface area contributed by atoms with Crippen molar-refractivity contribution in [2.75, 3.05) is 6.54 Å². The molecular weight excluding hydrogens is 210 g/mol. The van der Waals surface area contributed by atoms with Gasteiger partial charge in [-0.2, -0.15) is 0 Å². The van der Waals surface area contributed by atoms with Crippen molar-refractivity contribution in [3.05, 3.63) is 35.9 Å². The van der Waals surface area contributed by atoms with Gasteiger partial charge in [-0.1, -0.05) is 44.2 Å². The van der Waals surface area contributed by atoms with Gasteiger partial charge in [0.15, 0.2) is 0 Å². The van der Waals surface area contributed by atoms with Crippen molar-refractivity contribution in [1.82, 2.24) is 5.32 Å². The van der Waals surface area contributed by atoms with E-state index in [2.05, 4.69) is 31.3 Å². The average molecular weight is 235 g/mol. The Morgan fingerprint density at radius 3 is 2.29 bits per heavy atom. The Morgan fingerprint density at radius 2 is 1.76 bits per heavy atom. The maximum atomic E-state index is 9.78. The highest BCUT2D eigenvalue weighted by Gasteiger charge is 2.14. The molecule has 0 saturated carbocycles. The number of rotatable bonds is 7. The summed E-state index contributed by atoms with van der Waals surface area (Å²) in [5.74, 6) is 0.703. The zero-order chi connectivity index (χ0) is 12.7. The zero-order valence-electron chi connectivity index (χ0n) is 11.2. The Balaban J connectivity index is 2.44. The van der Waals surface area contributed by atoms with Crippen molar-refractivity contribution < 1.29 is 5.11 Å². The Hall–Kier alpha value is -0.860. The number of aliphatic hydroxyl groups is 1. The van der Waals surface area contributed by atoms with Crippen LogP contribution in [-0.4, -0.2) is 23.8 Å². The molecule has 2 atom stereocenters. The lowest BCUT2D eigenvalue weighted by Crippen LogP contribution is -2.40. The molecule has 0 aliphatic carbocycles. The van der Waals surface area contributed by atoms with E-state index in [0.29, 0.717) is 5.92 Å².